The van der Waals surface area contributed by atoms with Crippen molar-refractivity contribution >= 4 is 35.1 Å². The van der Waals surface area contributed by atoms with Gasteiger partial charge in [0.25, 0.3) is 0 Å². The summed E-state index contributed by atoms with van der Waals surface area (Å²) < 4.78 is 0. The fourth-order valence-corrected chi connectivity index (χ4v) is 4.74. The molecule has 2 aliphatic rings. The van der Waals surface area contributed by atoms with E-state index in [1.165, 1.54) is 0 Å². The van der Waals surface area contributed by atoms with Crippen LogP contribution in [0.4, 0.5) is 0 Å². The number of carbonyl (C=O) groups is 1. The first-order chi connectivity index (χ1) is 12.9. The van der Waals surface area contributed by atoms with Crippen molar-refractivity contribution < 1.29 is 9.90 Å². The number of likely N-dealkylation sites (N-methyl/N-ethyl adjacent to an activating group) is 1. The Balaban J connectivity index is 1.73. The Morgan fingerprint density at radius 2 is 2.00 bits per heavy atom. The Morgan fingerprint density at radius 1 is 1.19 bits per heavy atom. The third-order valence-corrected chi connectivity index (χ3v) is 6.70. The minimum absolute atomic E-state index is 0.0526. The van der Waals surface area contributed by atoms with Crippen LogP contribution >= 0.6 is 23.2 Å². The van der Waals surface area contributed by atoms with Gasteiger partial charge in [0.05, 0.1) is 10.0 Å². The zero-order valence-corrected chi connectivity index (χ0v) is 16.6. The summed E-state index contributed by atoms with van der Waals surface area (Å²) in [6.07, 6.45) is 4.19. The number of aromatic hydroxyl groups is 1. The van der Waals surface area contributed by atoms with Crippen molar-refractivity contribution in [2.24, 2.45) is 0 Å². The smallest absolute Gasteiger partial charge is 0.161 e. The van der Waals surface area contributed by atoms with Gasteiger partial charge in [-0.2, -0.15) is 0 Å². The second-order valence-electron chi connectivity index (χ2n) is 7.65. The van der Waals surface area contributed by atoms with Gasteiger partial charge in [-0.3, -0.25) is 9.69 Å². The number of phenols is 1. The Morgan fingerprint density at radius 3 is 2.74 bits per heavy atom. The molecule has 2 aromatic carbocycles. The van der Waals surface area contributed by atoms with E-state index in [-0.39, 0.29) is 23.0 Å². The van der Waals surface area contributed by atoms with Crippen LogP contribution in [0.25, 0.3) is 6.08 Å². The van der Waals surface area contributed by atoms with Crippen molar-refractivity contribution in [1.82, 2.24) is 4.90 Å². The highest BCUT2D eigenvalue weighted by Crippen LogP contribution is 2.48. The first-order valence-corrected chi connectivity index (χ1v) is 9.83. The Hall–Kier alpha value is -1.81. The van der Waals surface area contributed by atoms with Crippen LogP contribution in [0.3, 0.4) is 0 Å². The number of benzene rings is 2. The average molecular weight is 402 g/mol. The Bertz CT molecular complexity index is 940. The van der Waals surface area contributed by atoms with Crippen molar-refractivity contribution in [1.29, 1.82) is 0 Å². The second kappa shape index (κ2) is 6.97. The van der Waals surface area contributed by atoms with Crippen LogP contribution < -0.4 is 0 Å². The lowest BCUT2D eigenvalue weighted by Crippen LogP contribution is -2.53. The van der Waals surface area contributed by atoms with Crippen LogP contribution in [0.15, 0.2) is 48.0 Å². The third-order valence-electron chi connectivity index (χ3n) is 5.96. The SMILES string of the molecule is CN1CC[C@]2(c3cccc(O)c3)CC(=O)C(=Cc3ccc(Cl)c(Cl)c3)[C@H]1C2. The molecular formula is C22H21Cl2NO2. The molecule has 2 atom stereocenters. The Kier molecular flexibility index (Phi) is 4.79. The number of ketones is 1. The number of fused-ring (bicyclic) bond motifs is 2. The van der Waals surface area contributed by atoms with Crippen LogP contribution in [0.2, 0.25) is 10.0 Å². The minimum Gasteiger partial charge on any atom is -0.508 e. The summed E-state index contributed by atoms with van der Waals surface area (Å²) in [5.41, 5.74) is 2.56. The number of likely N-dealkylation sites (tertiary alicyclic amines) is 1. The lowest BCUT2D eigenvalue weighted by molar-refractivity contribution is -0.120. The number of hydrogen-bond acceptors (Lipinski definition) is 3. The fourth-order valence-electron chi connectivity index (χ4n) is 4.44. The molecule has 1 N–H and O–H groups in total. The third kappa shape index (κ3) is 3.40. The molecule has 0 amide bonds. The molecule has 0 aromatic heterocycles. The van der Waals surface area contributed by atoms with E-state index in [2.05, 4.69) is 11.9 Å². The first kappa shape index (κ1) is 18.5. The molecule has 5 heteroatoms. The zero-order valence-electron chi connectivity index (χ0n) is 15.1. The van der Waals surface area contributed by atoms with Crippen molar-refractivity contribution in [3.05, 3.63) is 69.2 Å². The number of halogens is 2. The highest BCUT2D eigenvalue weighted by atomic mass is 35.5. The van der Waals surface area contributed by atoms with Crippen molar-refractivity contribution in [2.45, 2.75) is 30.7 Å². The molecule has 1 saturated carbocycles. The summed E-state index contributed by atoms with van der Waals surface area (Å²) in [4.78, 5) is 15.4. The van der Waals surface area contributed by atoms with Crippen molar-refractivity contribution in [2.75, 3.05) is 13.6 Å². The lowest BCUT2D eigenvalue weighted by atomic mass is 9.61. The van der Waals surface area contributed by atoms with Gasteiger partial charge in [-0.15, -0.1) is 0 Å². The van der Waals surface area contributed by atoms with Gasteiger partial charge in [-0.25, -0.2) is 0 Å². The van der Waals surface area contributed by atoms with Crippen LogP contribution in [0.1, 0.15) is 30.4 Å². The first-order valence-electron chi connectivity index (χ1n) is 9.08. The maximum atomic E-state index is 13.2. The molecule has 1 aliphatic heterocycles. The van der Waals surface area contributed by atoms with E-state index in [1.807, 2.05) is 30.3 Å². The highest BCUT2D eigenvalue weighted by molar-refractivity contribution is 6.42. The molecule has 140 valence electrons. The summed E-state index contributed by atoms with van der Waals surface area (Å²) in [5.74, 6) is 0.411. The van der Waals surface area contributed by atoms with E-state index in [0.717, 1.165) is 36.1 Å². The average Bonchev–Trinajstić information content (AvgIpc) is 2.64. The molecule has 0 radical (unpaired) electrons. The highest BCUT2D eigenvalue weighted by Gasteiger charge is 2.48. The van der Waals surface area contributed by atoms with Crippen LogP contribution in [0.5, 0.6) is 5.75 Å². The predicted molar refractivity (Wildman–Crippen MR) is 109 cm³/mol. The molecule has 2 aromatic rings. The van der Waals surface area contributed by atoms with Crippen molar-refractivity contribution in [3.8, 4) is 5.75 Å². The van der Waals surface area contributed by atoms with Gasteiger partial charge in [0.2, 0.25) is 0 Å². The molecule has 0 spiro atoms. The zero-order chi connectivity index (χ0) is 19.2. The largest absolute Gasteiger partial charge is 0.508 e. The number of rotatable bonds is 2. The van der Waals surface area contributed by atoms with Gasteiger partial charge in [0.1, 0.15) is 5.75 Å². The quantitative estimate of drug-likeness (QED) is 0.712. The number of carbonyl (C=O) groups excluding carboxylic acids is 1. The molecule has 2 fully saturated rings. The number of hydrogen-bond donors (Lipinski definition) is 1. The normalized spacial score (nSPS) is 27.1. The molecule has 1 heterocycles. The van der Waals surface area contributed by atoms with E-state index < -0.39 is 0 Å². The maximum absolute atomic E-state index is 13.2. The summed E-state index contributed by atoms with van der Waals surface area (Å²) in [6, 6.07) is 12.9. The summed E-state index contributed by atoms with van der Waals surface area (Å²) >= 11 is 12.1. The minimum atomic E-state index is -0.206. The molecule has 27 heavy (non-hydrogen) atoms. The maximum Gasteiger partial charge on any atom is 0.161 e. The van der Waals surface area contributed by atoms with E-state index in [1.54, 1.807) is 18.2 Å². The number of nitrogens with zero attached hydrogens (tertiary/aromatic N) is 1. The summed E-state index contributed by atoms with van der Waals surface area (Å²) in [5, 5.41) is 10.9. The Labute approximate surface area is 169 Å². The molecule has 3 nitrogen and oxygen atoms in total. The molecule has 4 rings (SSSR count). The molecular weight excluding hydrogens is 381 g/mol. The van der Waals surface area contributed by atoms with E-state index >= 15 is 0 Å². The van der Waals surface area contributed by atoms with E-state index in [4.69, 9.17) is 23.2 Å². The monoisotopic (exact) mass is 401 g/mol. The second-order valence-corrected chi connectivity index (χ2v) is 8.47. The van der Waals surface area contributed by atoms with Crippen LogP contribution in [0, 0.1) is 0 Å². The summed E-state index contributed by atoms with van der Waals surface area (Å²) in [7, 11) is 2.07. The fraction of sp³-hybridized carbons (Fsp3) is 0.318. The van der Waals surface area contributed by atoms with Crippen molar-refractivity contribution in [3.63, 3.8) is 0 Å². The van der Waals surface area contributed by atoms with Gasteiger partial charge in [0.15, 0.2) is 5.78 Å². The van der Waals surface area contributed by atoms with E-state index in [9.17, 15) is 9.90 Å². The van der Waals surface area contributed by atoms with Gasteiger partial charge in [-0.1, -0.05) is 41.4 Å². The number of phenolic OH excluding ortho intramolecular Hbond substituents is 1. The van der Waals surface area contributed by atoms with E-state index in [0.29, 0.717) is 16.5 Å². The number of piperidine rings is 1. The van der Waals surface area contributed by atoms with Gasteiger partial charge in [0, 0.05) is 23.5 Å². The molecule has 0 unspecified atom stereocenters. The van der Waals surface area contributed by atoms with Crippen LogP contribution in [-0.2, 0) is 10.2 Å². The van der Waals surface area contributed by atoms with Crippen LogP contribution in [-0.4, -0.2) is 35.4 Å². The standard InChI is InChI=1S/C22H21Cl2NO2/c1-25-8-7-22(15-3-2-4-16(26)11-15)12-20(25)17(21(27)13-22)9-14-5-6-18(23)19(24)10-14/h2-6,9-11,20,26H,7-8,12-13H2,1H3/t20-,22-/m1/s1. The van der Waals surface area contributed by atoms with Gasteiger partial charge in [-0.05, 0) is 67.9 Å². The lowest BCUT2D eigenvalue weighted by Gasteiger charge is -2.50. The topological polar surface area (TPSA) is 40.5 Å². The summed E-state index contributed by atoms with van der Waals surface area (Å²) in [6.45, 7) is 0.909. The van der Waals surface area contributed by atoms with Gasteiger partial charge >= 0.3 is 0 Å². The van der Waals surface area contributed by atoms with Gasteiger partial charge < -0.3 is 5.11 Å². The molecule has 1 aliphatic carbocycles. The predicted octanol–water partition coefficient (Wildman–Crippen LogP) is 5.09. The number of Topliss-reactive ketones (excluding diaryl/α,β-unsaturated/α-hetero) is 1. The molecule has 1 saturated heterocycles. The molecule has 2 bridgehead atoms.